The normalized spacial score (nSPS) is 21.2. The van der Waals surface area contributed by atoms with Crippen LogP contribution < -0.4 is 4.74 Å². The van der Waals surface area contributed by atoms with Crippen molar-refractivity contribution < 1.29 is 27.4 Å². The van der Waals surface area contributed by atoms with E-state index in [-0.39, 0.29) is 18.4 Å². The molecule has 2 fully saturated rings. The minimum atomic E-state index is -3.12. The Morgan fingerprint density at radius 3 is 2.80 bits per heavy atom. The smallest absolute Gasteiger partial charge is 0.406 e. The number of pyridine rings is 1. The number of hydrogen-bond acceptors (Lipinski definition) is 8. The molecule has 0 N–H and O–H groups in total. The average molecular weight is 566 g/mol. The molecule has 5 rings (SSSR count). The first-order valence-corrected chi connectivity index (χ1v) is 13.7. The number of nitro groups is 1. The van der Waals surface area contributed by atoms with E-state index < -0.39 is 36.3 Å². The Hall–Kier alpha value is -3.78. The van der Waals surface area contributed by atoms with E-state index >= 15 is 0 Å². The first-order chi connectivity index (χ1) is 22.3. The molecular weight excluding hydrogens is 522 g/mol. The topological polar surface area (TPSA) is 105 Å². The van der Waals surface area contributed by atoms with Gasteiger partial charge in [0, 0.05) is 43.8 Å². The maximum atomic E-state index is 11.8. The van der Waals surface area contributed by atoms with Crippen LogP contribution >= 0.6 is 0 Å². The van der Waals surface area contributed by atoms with Crippen molar-refractivity contribution in [2.24, 2.45) is 0 Å². The van der Waals surface area contributed by atoms with Crippen LogP contribution in [-0.4, -0.2) is 63.2 Å². The number of benzene rings is 1. The maximum absolute atomic E-state index is 11.8. The number of nitrogens with zero attached hydrogens (tertiary/aromatic N) is 5. The molecule has 0 aliphatic carbocycles. The lowest BCUT2D eigenvalue weighted by Crippen LogP contribution is -2.33. The lowest BCUT2D eigenvalue weighted by Gasteiger charge is -2.29. The molecule has 41 heavy (non-hydrogen) atoms. The predicted molar refractivity (Wildman–Crippen MR) is 154 cm³/mol. The second-order valence-electron chi connectivity index (χ2n) is 10.4. The van der Waals surface area contributed by atoms with Crippen LogP contribution in [0, 0.1) is 22.0 Å². The fourth-order valence-electron chi connectivity index (χ4n) is 4.88. The van der Waals surface area contributed by atoms with Crippen molar-refractivity contribution in [3.63, 3.8) is 0 Å². The van der Waals surface area contributed by atoms with Gasteiger partial charge in [0.05, 0.1) is 12.2 Å². The Morgan fingerprint density at radius 1 is 1.20 bits per heavy atom. The molecule has 0 amide bonds. The number of ether oxygens (including phenoxy) is 3. The maximum Gasteiger partial charge on any atom is 0.406 e. The summed E-state index contributed by atoms with van der Waals surface area (Å²) in [4.78, 5) is 17.5. The molecule has 0 radical (unpaired) electrons. The molecule has 10 nitrogen and oxygen atoms in total. The highest BCUT2D eigenvalue weighted by Crippen LogP contribution is 2.32. The molecule has 0 spiro atoms. The number of rotatable bonds is 8. The van der Waals surface area contributed by atoms with Gasteiger partial charge < -0.3 is 29.2 Å². The molecule has 2 saturated heterocycles. The van der Waals surface area contributed by atoms with Crippen LogP contribution in [0.15, 0.2) is 48.9 Å². The van der Waals surface area contributed by atoms with Crippen LogP contribution in [0.4, 0.5) is 5.82 Å². The zero-order chi connectivity index (χ0) is 33.8. The summed E-state index contributed by atoms with van der Waals surface area (Å²) in [5, 5.41) is 16.3. The molecule has 2 aliphatic rings. The Labute approximate surface area is 249 Å². The van der Waals surface area contributed by atoms with Crippen molar-refractivity contribution in [3.8, 4) is 28.7 Å². The van der Waals surface area contributed by atoms with E-state index in [9.17, 15) is 10.1 Å². The molecular formula is C31H37N5O5. The third kappa shape index (κ3) is 7.70. The van der Waals surface area contributed by atoms with Crippen molar-refractivity contribution in [3.05, 3.63) is 70.2 Å². The Kier molecular flexibility index (Phi) is 6.84. The van der Waals surface area contributed by atoms with Crippen LogP contribution in [0.1, 0.15) is 71.2 Å². The van der Waals surface area contributed by atoms with Crippen molar-refractivity contribution in [1.29, 1.82) is 0 Å². The molecule has 0 saturated carbocycles. The summed E-state index contributed by atoms with van der Waals surface area (Å²) in [6.07, 6.45) is 7.79. The van der Waals surface area contributed by atoms with Gasteiger partial charge in [-0.25, -0.2) is 0 Å². The lowest BCUT2D eigenvalue weighted by molar-refractivity contribution is -0.390. The molecule has 2 aliphatic heterocycles. The second kappa shape index (κ2) is 12.8. The van der Waals surface area contributed by atoms with Crippen molar-refractivity contribution in [2.75, 3.05) is 26.7 Å². The van der Waals surface area contributed by atoms with Crippen LogP contribution in [-0.2, 0) is 16.1 Å². The summed E-state index contributed by atoms with van der Waals surface area (Å²) in [7, 11) is 2.09. The third-order valence-electron chi connectivity index (χ3n) is 7.15. The number of likely N-dealkylation sites (tertiary alicyclic amines) is 1. The zero-order valence-corrected chi connectivity index (χ0v) is 22.9. The van der Waals surface area contributed by atoms with Crippen LogP contribution in [0.3, 0.4) is 0 Å². The predicted octanol–water partition coefficient (Wildman–Crippen LogP) is 5.37. The largest absolute Gasteiger partial charge is 0.481 e. The van der Waals surface area contributed by atoms with E-state index in [0.717, 1.165) is 37.9 Å². The third-order valence-corrected chi connectivity index (χ3v) is 7.15. The number of piperidine rings is 1. The summed E-state index contributed by atoms with van der Waals surface area (Å²) in [6, 6.07) is 8.34. The molecule has 10 heteroatoms. The van der Waals surface area contributed by atoms with E-state index in [4.69, 9.17) is 22.4 Å². The highest BCUT2D eigenvalue weighted by Gasteiger charge is 2.24. The summed E-state index contributed by atoms with van der Waals surface area (Å²) < 4.78 is 67.4. The summed E-state index contributed by atoms with van der Waals surface area (Å²) in [5.41, 5.74) is -0.572. The first-order valence-electron chi connectivity index (χ1n) is 16.7. The standard InChI is InChI=1S/C31H37N5O5/c1-31(2,41-29-9-4-5-16-39-29)13-10-23-7-6-8-24(17-23)22-40-28-18-25(19-32-30(28)36(37)38)26-20-33-35(21-26)27-11-14-34(3)15-12-27/h6-8,17-21,27,29H,4-5,9,11-12,14-16,22H2,1-3H3/i1D3,2D3. The average Bonchev–Trinajstić information content (AvgIpc) is 3.52. The Bertz CT molecular complexity index is 1600. The summed E-state index contributed by atoms with van der Waals surface area (Å²) in [5.74, 6) is 4.62. The lowest BCUT2D eigenvalue weighted by atomic mass is 10.1. The van der Waals surface area contributed by atoms with Crippen LogP contribution in [0.2, 0.25) is 0 Å². The van der Waals surface area contributed by atoms with Crippen molar-refractivity contribution in [2.45, 2.75) is 70.3 Å². The van der Waals surface area contributed by atoms with Gasteiger partial charge in [0.15, 0.2) is 6.29 Å². The molecule has 216 valence electrons. The molecule has 1 unspecified atom stereocenters. The van der Waals surface area contributed by atoms with Crippen LogP contribution in [0.25, 0.3) is 11.1 Å². The van der Waals surface area contributed by atoms with Gasteiger partial charge >= 0.3 is 5.82 Å². The van der Waals surface area contributed by atoms with Gasteiger partial charge in [-0.05, 0) is 93.5 Å². The van der Waals surface area contributed by atoms with E-state index in [1.54, 1.807) is 36.5 Å². The highest BCUT2D eigenvalue weighted by molar-refractivity contribution is 5.64. The Balaban J connectivity index is 1.36. The molecule has 3 aromatic rings. The van der Waals surface area contributed by atoms with Gasteiger partial charge in [0.2, 0.25) is 5.75 Å². The SMILES string of the molecule is [2H]C([2H])([2H])C(C#Cc1cccc(COc2cc(-c3cnn(C4CCN(C)CC4)c3)cnc2[N+](=O)[O-])c1)(OC1CCCCO1)C([2H])([2H])[2H]. The fourth-order valence-corrected chi connectivity index (χ4v) is 4.88. The molecule has 4 heterocycles. The number of aromatic nitrogens is 3. The van der Waals surface area contributed by atoms with Crippen LogP contribution in [0.5, 0.6) is 5.75 Å². The van der Waals surface area contributed by atoms with E-state index in [0.29, 0.717) is 36.1 Å². The minimum Gasteiger partial charge on any atom is -0.481 e. The zero-order valence-electron chi connectivity index (χ0n) is 28.9. The number of hydrogen-bond donors (Lipinski definition) is 0. The minimum absolute atomic E-state index is 0.0410. The summed E-state index contributed by atoms with van der Waals surface area (Å²) in [6.45, 7) is -4.05. The van der Waals surface area contributed by atoms with Gasteiger partial charge in [0.1, 0.15) is 18.4 Å². The quantitative estimate of drug-likeness (QED) is 0.204. The Morgan fingerprint density at radius 2 is 2.05 bits per heavy atom. The van der Waals surface area contributed by atoms with Crippen molar-refractivity contribution in [1.82, 2.24) is 19.7 Å². The molecule has 1 aromatic carbocycles. The molecule has 1 atom stereocenters. The summed E-state index contributed by atoms with van der Waals surface area (Å²) >= 11 is 0. The van der Waals surface area contributed by atoms with Gasteiger partial charge in [-0.3, -0.25) is 4.68 Å². The van der Waals surface area contributed by atoms with E-state index in [2.05, 4.69) is 33.9 Å². The molecule has 0 bridgehead atoms. The van der Waals surface area contributed by atoms with E-state index in [1.807, 2.05) is 10.9 Å². The first kappa shape index (κ1) is 21.9. The highest BCUT2D eigenvalue weighted by atomic mass is 16.7. The fraction of sp³-hybridized carbons (Fsp3) is 0.484. The van der Waals surface area contributed by atoms with Crippen molar-refractivity contribution >= 4 is 5.82 Å². The molecule has 2 aromatic heterocycles. The monoisotopic (exact) mass is 565 g/mol. The van der Waals surface area contributed by atoms with Gasteiger partial charge in [0.25, 0.3) is 0 Å². The van der Waals surface area contributed by atoms with Gasteiger partial charge in [-0.2, -0.15) is 5.10 Å². The van der Waals surface area contributed by atoms with E-state index in [1.165, 1.54) is 6.20 Å². The van der Waals surface area contributed by atoms with Gasteiger partial charge in [-0.15, -0.1) is 0 Å². The van der Waals surface area contributed by atoms with Gasteiger partial charge in [-0.1, -0.05) is 24.0 Å². The second-order valence-corrected chi connectivity index (χ2v) is 10.4.